The van der Waals surface area contributed by atoms with E-state index in [1.165, 1.54) is 0 Å². The van der Waals surface area contributed by atoms with E-state index in [9.17, 15) is 22.8 Å². The fourth-order valence-electron chi connectivity index (χ4n) is 2.48. The minimum atomic E-state index is -4.84. The summed E-state index contributed by atoms with van der Waals surface area (Å²) in [6, 6.07) is -0.554. The van der Waals surface area contributed by atoms with Gasteiger partial charge in [-0.2, -0.15) is 13.2 Å². The topological polar surface area (TPSA) is 37.4 Å². The minimum absolute atomic E-state index is 0.0295. The molecular formula is C12H16F3NO2. The highest BCUT2D eigenvalue weighted by Crippen LogP contribution is 2.37. The van der Waals surface area contributed by atoms with Crippen molar-refractivity contribution in [3.05, 3.63) is 0 Å². The van der Waals surface area contributed by atoms with Gasteiger partial charge in [0.15, 0.2) is 0 Å². The largest absolute Gasteiger partial charge is 0.471 e. The zero-order valence-corrected chi connectivity index (χ0v) is 10.0. The van der Waals surface area contributed by atoms with Crippen LogP contribution in [0.15, 0.2) is 0 Å². The van der Waals surface area contributed by atoms with Crippen LogP contribution in [0.2, 0.25) is 0 Å². The fraction of sp³-hybridized carbons (Fsp3) is 0.833. The number of rotatable bonds is 2. The average molecular weight is 263 g/mol. The molecule has 1 saturated carbocycles. The second-order valence-corrected chi connectivity index (χ2v) is 5.18. The van der Waals surface area contributed by atoms with Gasteiger partial charge in [0.25, 0.3) is 0 Å². The molecule has 3 nitrogen and oxygen atoms in total. The first-order valence-electron chi connectivity index (χ1n) is 6.27. The quantitative estimate of drug-likeness (QED) is 0.766. The monoisotopic (exact) mass is 263 g/mol. The van der Waals surface area contributed by atoms with E-state index < -0.39 is 18.1 Å². The van der Waals surface area contributed by atoms with E-state index in [-0.39, 0.29) is 25.2 Å². The molecule has 0 aromatic heterocycles. The number of alkyl halides is 3. The Morgan fingerprint density at radius 1 is 1.33 bits per heavy atom. The molecule has 1 aliphatic carbocycles. The molecule has 0 aromatic rings. The van der Waals surface area contributed by atoms with Crippen molar-refractivity contribution in [1.82, 2.24) is 4.90 Å². The second kappa shape index (κ2) is 4.90. The lowest BCUT2D eigenvalue weighted by Gasteiger charge is -2.30. The van der Waals surface area contributed by atoms with Gasteiger partial charge >= 0.3 is 12.1 Å². The van der Waals surface area contributed by atoms with Crippen LogP contribution in [0.4, 0.5) is 13.2 Å². The Labute approximate surface area is 103 Å². The molecule has 1 atom stereocenters. The van der Waals surface area contributed by atoms with E-state index in [0.29, 0.717) is 18.8 Å². The number of Topliss-reactive ketones (excluding diaryl/α,β-unsaturated/α-hetero) is 1. The van der Waals surface area contributed by atoms with E-state index in [2.05, 4.69) is 0 Å². The summed E-state index contributed by atoms with van der Waals surface area (Å²) >= 11 is 0. The predicted molar refractivity (Wildman–Crippen MR) is 57.8 cm³/mol. The van der Waals surface area contributed by atoms with Gasteiger partial charge < -0.3 is 4.90 Å². The third-order valence-electron chi connectivity index (χ3n) is 3.56. The number of ketones is 1. The zero-order valence-electron chi connectivity index (χ0n) is 10.0. The molecule has 1 heterocycles. The molecule has 1 amide bonds. The van der Waals surface area contributed by atoms with Crippen LogP contribution in [0, 0.1) is 5.92 Å². The van der Waals surface area contributed by atoms with Gasteiger partial charge in [-0.05, 0) is 18.8 Å². The Morgan fingerprint density at radius 3 is 2.56 bits per heavy atom. The summed E-state index contributed by atoms with van der Waals surface area (Å²) in [6.07, 6.45) is -1.61. The Bertz CT molecular complexity index is 350. The molecule has 18 heavy (non-hydrogen) atoms. The van der Waals surface area contributed by atoms with Crippen LogP contribution in [0.3, 0.4) is 0 Å². The Hall–Kier alpha value is -1.07. The zero-order chi connectivity index (χ0) is 13.3. The molecule has 2 rings (SSSR count). The van der Waals surface area contributed by atoms with Gasteiger partial charge in [0.05, 0.1) is 0 Å². The molecule has 2 aliphatic rings. The number of amides is 1. The normalized spacial score (nSPS) is 26.1. The average Bonchev–Trinajstić information content (AvgIpc) is 3.05. The van der Waals surface area contributed by atoms with Crippen molar-refractivity contribution in [3.63, 3.8) is 0 Å². The summed E-state index contributed by atoms with van der Waals surface area (Å²) < 4.78 is 37.5. The number of nitrogens with zero attached hydrogens (tertiary/aromatic N) is 1. The van der Waals surface area contributed by atoms with Gasteiger partial charge in [-0.3, -0.25) is 9.59 Å². The molecule has 0 spiro atoms. The molecular weight excluding hydrogens is 247 g/mol. The van der Waals surface area contributed by atoms with Crippen LogP contribution < -0.4 is 0 Å². The summed E-state index contributed by atoms with van der Waals surface area (Å²) in [4.78, 5) is 23.8. The molecule has 1 unspecified atom stereocenters. The number of likely N-dealkylation sites (tertiary alicyclic amines) is 1. The minimum Gasteiger partial charge on any atom is -0.331 e. The first-order chi connectivity index (χ1) is 8.38. The van der Waals surface area contributed by atoms with Crippen LogP contribution in [-0.2, 0) is 9.59 Å². The van der Waals surface area contributed by atoms with Crippen molar-refractivity contribution in [1.29, 1.82) is 0 Å². The fourth-order valence-corrected chi connectivity index (χ4v) is 2.48. The molecule has 6 heteroatoms. The Morgan fingerprint density at radius 2 is 2.00 bits per heavy atom. The SMILES string of the molecule is O=C1CCCN(C(=O)C(F)(F)F)C(CC2CC2)C1. The van der Waals surface area contributed by atoms with Crippen molar-refractivity contribution in [2.45, 2.75) is 50.7 Å². The van der Waals surface area contributed by atoms with Crippen LogP contribution in [0.1, 0.15) is 38.5 Å². The summed E-state index contributed by atoms with van der Waals surface area (Å²) in [7, 11) is 0. The highest BCUT2D eigenvalue weighted by molar-refractivity contribution is 5.85. The Balaban J connectivity index is 2.11. The van der Waals surface area contributed by atoms with E-state index in [1.54, 1.807) is 0 Å². The van der Waals surface area contributed by atoms with Gasteiger partial charge in [0.1, 0.15) is 5.78 Å². The third kappa shape index (κ3) is 3.23. The summed E-state index contributed by atoms with van der Waals surface area (Å²) in [5, 5.41) is 0. The van der Waals surface area contributed by atoms with Gasteiger partial charge in [-0.15, -0.1) is 0 Å². The van der Waals surface area contributed by atoms with Crippen molar-refractivity contribution < 1.29 is 22.8 Å². The first kappa shape index (κ1) is 13.4. The molecule has 1 saturated heterocycles. The number of carbonyl (C=O) groups excluding carboxylic acids is 2. The number of hydrogen-bond donors (Lipinski definition) is 0. The molecule has 0 aromatic carbocycles. The van der Waals surface area contributed by atoms with E-state index in [0.717, 1.165) is 17.7 Å². The van der Waals surface area contributed by atoms with Crippen molar-refractivity contribution >= 4 is 11.7 Å². The van der Waals surface area contributed by atoms with E-state index in [1.807, 2.05) is 0 Å². The summed E-state index contributed by atoms with van der Waals surface area (Å²) in [5.41, 5.74) is 0. The molecule has 102 valence electrons. The second-order valence-electron chi connectivity index (χ2n) is 5.18. The van der Waals surface area contributed by atoms with Crippen molar-refractivity contribution in [3.8, 4) is 0 Å². The maximum atomic E-state index is 12.5. The standard InChI is InChI=1S/C12H16F3NO2/c13-12(14,15)11(18)16-5-1-2-10(17)7-9(16)6-8-3-4-8/h8-9H,1-7H2. The lowest BCUT2D eigenvalue weighted by Crippen LogP contribution is -2.47. The van der Waals surface area contributed by atoms with Gasteiger partial charge in [0, 0.05) is 25.4 Å². The van der Waals surface area contributed by atoms with Crippen LogP contribution in [-0.4, -0.2) is 35.4 Å². The van der Waals surface area contributed by atoms with Crippen molar-refractivity contribution in [2.24, 2.45) is 5.92 Å². The highest BCUT2D eigenvalue weighted by Gasteiger charge is 2.46. The summed E-state index contributed by atoms with van der Waals surface area (Å²) in [5.74, 6) is -1.43. The van der Waals surface area contributed by atoms with Gasteiger partial charge in [-0.1, -0.05) is 12.8 Å². The summed E-state index contributed by atoms with van der Waals surface area (Å²) in [6.45, 7) is 0.0431. The molecule has 2 fully saturated rings. The number of carbonyl (C=O) groups is 2. The van der Waals surface area contributed by atoms with Crippen LogP contribution in [0.5, 0.6) is 0 Å². The van der Waals surface area contributed by atoms with Crippen molar-refractivity contribution in [2.75, 3.05) is 6.54 Å². The van der Waals surface area contributed by atoms with Crippen LogP contribution in [0.25, 0.3) is 0 Å². The lowest BCUT2D eigenvalue weighted by molar-refractivity contribution is -0.188. The van der Waals surface area contributed by atoms with Crippen LogP contribution >= 0.6 is 0 Å². The molecule has 0 radical (unpaired) electrons. The van der Waals surface area contributed by atoms with E-state index >= 15 is 0 Å². The maximum absolute atomic E-state index is 12.5. The third-order valence-corrected chi connectivity index (χ3v) is 3.56. The van der Waals surface area contributed by atoms with E-state index in [4.69, 9.17) is 0 Å². The first-order valence-corrected chi connectivity index (χ1v) is 6.27. The molecule has 0 bridgehead atoms. The smallest absolute Gasteiger partial charge is 0.331 e. The number of hydrogen-bond acceptors (Lipinski definition) is 2. The lowest BCUT2D eigenvalue weighted by atomic mass is 10.0. The Kier molecular flexibility index (Phi) is 3.64. The van der Waals surface area contributed by atoms with Gasteiger partial charge in [0.2, 0.25) is 0 Å². The number of halogens is 3. The predicted octanol–water partition coefficient (Wildman–Crippen LogP) is 2.30. The molecule has 0 N–H and O–H groups in total. The highest BCUT2D eigenvalue weighted by atomic mass is 19.4. The maximum Gasteiger partial charge on any atom is 0.471 e. The molecule has 1 aliphatic heterocycles. The van der Waals surface area contributed by atoms with Gasteiger partial charge in [-0.25, -0.2) is 0 Å².